The quantitative estimate of drug-likeness (QED) is 0.482. The number of hydrogen-bond donors (Lipinski definition) is 2. The molecule has 9 heteroatoms. The van der Waals surface area contributed by atoms with E-state index in [9.17, 15) is 14.7 Å². The van der Waals surface area contributed by atoms with Gasteiger partial charge in [0, 0.05) is 12.5 Å². The van der Waals surface area contributed by atoms with Crippen LogP contribution in [0.25, 0.3) is 0 Å². The topological polar surface area (TPSA) is 127 Å². The van der Waals surface area contributed by atoms with E-state index in [0.29, 0.717) is 43.0 Å². The Bertz CT molecular complexity index is 787. The summed E-state index contributed by atoms with van der Waals surface area (Å²) in [4.78, 5) is 22.2. The maximum Gasteiger partial charge on any atom is 0.325 e. The Morgan fingerprint density at radius 3 is 2.69 bits per heavy atom. The molecule has 140 valence electrons. The molecular formula is C17H22N4O5. The van der Waals surface area contributed by atoms with E-state index in [1.807, 2.05) is 6.92 Å². The predicted octanol–water partition coefficient (Wildman–Crippen LogP) is 1.63. The van der Waals surface area contributed by atoms with Crippen molar-refractivity contribution in [3.63, 3.8) is 0 Å². The number of carbonyl (C=O) groups excluding carboxylic acids is 1. The zero-order valence-electron chi connectivity index (χ0n) is 14.8. The Labute approximate surface area is 150 Å². The van der Waals surface area contributed by atoms with E-state index in [-0.39, 0.29) is 18.1 Å². The molecule has 2 N–H and O–H groups in total. The van der Waals surface area contributed by atoms with Crippen molar-refractivity contribution in [1.82, 2.24) is 20.2 Å². The number of aryl methyl sites for hydroxylation is 2. The molecule has 1 aromatic heterocycles. The number of aliphatic carboxylic acids is 1. The van der Waals surface area contributed by atoms with Gasteiger partial charge in [-0.15, -0.1) is 5.10 Å². The van der Waals surface area contributed by atoms with Crippen LogP contribution in [0.2, 0.25) is 0 Å². The monoisotopic (exact) mass is 362 g/mol. The summed E-state index contributed by atoms with van der Waals surface area (Å²) in [5.74, 6) is -0.195. The lowest BCUT2D eigenvalue weighted by Crippen LogP contribution is -2.13. The number of aromatic nitrogens is 4. The third-order valence-corrected chi connectivity index (χ3v) is 3.88. The minimum absolute atomic E-state index is 0.0856. The third kappa shape index (κ3) is 5.01. The molecule has 0 atom stereocenters. The first kappa shape index (κ1) is 19.4. The number of ketones is 1. The Balaban J connectivity index is 1.87. The molecular weight excluding hydrogens is 340 g/mol. The minimum atomic E-state index is -0.997. The van der Waals surface area contributed by atoms with E-state index in [1.165, 1.54) is 17.7 Å². The third-order valence-electron chi connectivity index (χ3n) is 3.88. The molecule has 0 radical (unpaired) electrons. The number of tetrazole rings is 1. The highest BCUT2D eigenvalue weighted by molar-refractivity contribution is 5.97. The smallest absolute Gasteiger partial charge is 0.325 e. The van der Waals surface area contributed by atoms with E-state index in [1.54, 1.807) is 6.07 Å². The zero-order chi connectivity index (χ0) is 19.1. The molecule has 9 nitrogen and oxygen atoms in total. The first-order valence-electron chi connectivity index (χ1n) is 8.38. The largest absolute Gasteiger partial charge is 0.507 e. The number of Topliss-reactive ketones (excluding diaryl/α,β-unsaturated/α-hetero) is 1. The summed E-state index contributed by atoms with van der Waals surface area (Å²) in [5, 5.41) is 29.7. The average molecular weight is 362 g/mol. The van der Waals surface area contributed by atoms with Crippen LogP contribution in [0.3, 0.4) is 0 Å². The number of ether oxygens (including phenoxy) is 1. The Morgan fingerprint density at radius 1 is 1.27 bits per heavy atom. The number of carbonyl (C=O) groups is 2. The number of hydrogen-bond acceptors (Lipinski definition) is 7. The summed E-state index contributed by atoms with van der Waals surface area (Å²) in [6, 6.07) is 3.13. The van der Waals surface area contributed by atoms with Crippen molar-refractivity contribution in [1.29, 1.82) is 0 Å². The Morgan fingerprint density at radius 2 is 2.04 bits per heavy atom. The molecule has 0 amide bonds. The van der Waals surface area contributed by atoms with Gasteiger partial charge in [0.1, 0.15) is 18.0 Å². The Hall–Kier alpha value is -2.97. The normalized spacial score (nSPS) is 10.7. The van der Waals surface area contributed by atoms with Crippen LogP contribution in [0.15, 0.2) is 12.1 Å². The average Bonchev–Trinajstić information content (AvgIpc) is 3.00. The molecule has 0 bridgehead atoms. The van der Waals surface area contributed by atoms with Crippen molar-refractivity contribution in [2.45, 2.75) is 46.1 Å². The molecule has 0 aliphatic heterocycles. The number of rotatable bonds is 10. The predicted molar refractivity (Wildman–Crippen MR) is 91.4 cm³/mol. The van der Waals surface area contributed by atoms with Crippen LogP contribution in [0.4, 0.5) is 0 Å². The molecule has 26 heavy (non-hydrogen) atoms. The highest BCUT2D eigenvalue weighted by Crippen LogP contribution is 2.29. The van der Waals surface area contributed by atoms with Crippen LogP contribution in [0, 0.1) is 0 Å². The molecule has 1 aromatic carbocycles. The van der Waals surface area contributed by atoms with Crippen LogP contribution in [0.5, 0.6) is 11.5 Å². The van der Waals surface area contributed by atoms with Gasteiger partial charge in [0.05, 0.1) is 12.2 Å². The maximum absolute atomic E-state index is 11.5. The van der Waals surface area contributed by atoms with E-state index in [4.69, 9.17) is 9.84 Å². The first-order valence-corrected chi connectivity index (χ1v) is 8.38. The zero-order valence-corrected chi connectivity index (χ0v) is 14.8. The highest BCUT2D eigenvalue weighted by atomic mass is 16.5. The summed E-state index contributed by atoms with van der Waals surface area (Å²) in [6.45, 7) is 3.52. The van der Waals surface area contributed by atoms with Crippen molar-refractivity contribution >= 4 is 11.8 Å². The number of aromatic hydroxyl groups is 1. The second-order valence-corrected chi connectivity index (χ2v) is 5.84. The van der Waals surface area contributed by atoms with Gasteiger partial charge in [-0.05, 0) is 48.2 Å². The van der Waals surface area contributed by atoms with Crippen molar-refractivity contribution in [2.75, 3.05) is 6.61 Å². The SMILES string of the molecule is CCc1cc(C(C)=O)c(O)cc1OCCCCc1nnnn1CC(=O)O. The number of carboxylic acids is 1. The number of phenols is 1. The fourth-order valence-corrected chi connectivity index (χ4v) is 2.53. The number of benzene rings is 1. The lowest BCUT2D eigenvalue weighted by Gasteiger charge is -2.13. The molecule has 0 saturated carbocycles. The first-order chi connectivity index (χ1) is 12.4. The van der Waals surface area contributed by atoms with Crippen molar-refractivity contribution < 1.29 is 24.5 Å². The standard InChI is InChI=1S/C17H22N4O5/c1-3-12-8-13(11(2)22)14(23)9-15(12)26-7-5-4-6-16-18-19-20-21(16)10-17(24)25/h8-9,23H,3-7,10H2,1-2H3,(H,24,25). The van der Waals surface area contributed by atoms with Crippen LogP contribution in [0.1, 0.15) is 48.4 Å². The summed E-state index contributed by atoms with van der Waals surface area (Å²) in [6.07, 6.45) is 2.65. The molecule has 0 fully saturated rings. The second-order valence-electron chi connectivity index (χ2n) is 5.84. The van der Waals surface area contributed by atoms with Gasteiger partial charge in [-0.2, -0.15) is 0 Å². The van der Waals surface area contributed by atoms with Gasteiger partial charge in [-0.1, -0.05) is 6.92 Å². The van der Waals surface area contributed by atoms with Crippen LogP contribution < -0.4 is 4.74 Å². The van der Waals surface area contributed by atoms with Gasteiger partial charge in [-0.3, -0.25) is 9.59 Å². The summed E-state index contributed by atoms with van der Waals surface area (Å²) in [5.41, 5.74) is 1.15. The minimum Gasteiger partial charge on any atom is -0.507 e. The molecule has 0 aliphatic carbocycles. The van der Waals surface area contributed by atoms with Crippen molar-refractivity contribution in [3.05, 3.63) is 29.1 Å². The van der Waals surface area contributed by atoms with Gasteiger partial charge in [0.2, 0.25) is 0 Å². The summed E-state index contributed by atoms with van der Waals surface area (Å²) < 4.78 is 6.99. The van der Waals surface area contributed by atoms with E-state index >= 15 is 0 Å². The lowest BCUT2D eigenvalue weighted by atomic mass is 10.0. The fraction of sp³-hybridized carbons (Fsp3) is 0.471. The van der Waals surface area contributed by atoms with Gasteiger partial charge < -0.3 is 14.9 Å². The highest BCUT2D eigenvalue weighted by Gasteiger charge is 2.13. The molecule has 0 aliphatic rings. The van der Waals surface area contributed by atoms with Gasteiger partial charge in [0.15, 0.2) is 11.6 Å². The summed E-state index contributed by atoms with van der Waals surface area (Å²) in [7, 11) is 0. The molecule has 2 rings (SSSR count). The van der Waals surface area contributed by atoms with E-state index < -0.39 is 5.97 Å². The molecule has 0 unspecified atom stereocenters. The number of phenolic OH excluding ortho intramolecular Hbond substituents is 1. The molecule has 0 saturated heterocycles. The van der Waals surface area contributed by atoms with Crippen molar-refractivity contribution in [2.24, 2.45) is 0 Å². The van der Waals surface area contributed by atoms with Gasteiger partial charge in [-0.25, -0.2) is 4.68 Å². The molecule has 2 aromatic rings. The fourth-order valence-electron chi connectivity index (χ4n) is 2.53. The van der Waals surface area contributed by atoms with Crippen molar-refractivity contribution in [3.8, 4) is 11.5 Å². The van der Waals surface area contributed by atoms with Crippen LogP contribution >= 0.6 is 0 Å². The van der Waals surface area contributed by atoms with Gasteiger partial charge >= 0.3 is 5.97 Å². The number of nitrogens with zero attached hydrogens (tertiary/aromatic N) is 4. The van der Waals surface area contributed by atoms with Crippen LogP contribution in [-0.2, 0) is 24.2 Å². The van der Waals surface area contributed by atoms with E-state index in [0.717, 1.165) is 12.0 Å². The van der Waals surface area contributed by atoms with Crippen LogP contribution in [-0.4, -0.2) is 48.8 Å². The number of unbranched alkanes of at least 4 members (excludes halogenated alkanes) is 1. The lowest BCUT2D eigenvalue weighted by molar-refractivity contribution is -0.138. The number of carboxylic acid groups (broad SMARTS) is 1. The van der Waals surface area contributed by atoms with E-state index in [2.05, 4.69) is 15.5 Å². The molecule has 1 heterocycles. The molecule has 0 spiro atoms. The second kappa shape index (κ2) is 8.93. The maximum atomic E-state index is 11.5. The van der Waals surface area contributed by atoms with Gasteiger partial charge in [0.25, 0.3) is 0 Å². The Kier molecular flexibility index (Phi) is 6.65. The summed E-state index contributed by atoms with van der Waals surface area (Å²) >= 11 is 0.